The number of hydrogen-bond donors (Lipinski definition) is 0. The Balaban J connectivity index is 1.22. The molecule has 0 saturated heterocycles. The van der Waals surface area contributed by atoms with Crippen LogP contribution >= 0.6 is 0 Å². The molecule has 8 aromatic carbocycles. The second-order valence-electron chi connectivity index (χ2n) is 12.3. The van der Waals surface area contributed by atoms with Crippen LogP contribution in [0.2, 0.25) is 0 Å². The van der Waals surface area contributed by atoms with Gasteiger partial charge in [-0.2, -0.15) is 0 Å². The molecule has 0 radical (unpaired) electrons. The molecule has 0 atom stereocenters. The Labute approximate surface area is 280 Å². The summed E-state index contributed by atoms with van der Waals surface area (Å²) in [6, 6.07) is 67.5. The lowest BCUT2D eigenvalue weighted by atomic mass is 9.84. The van der Waals surface area contributed by atoms with Crippen LogP contribution in [0.25, 0.3) is 88.2 Å². The van der Waals surface area contributed by atoms with Gasteiger partial charge in [-0.3, -0.25) is 0 Å². The molecule has 0 aliphatic carbocycles. The first-order valence-electron chi connectivity index (χ1n) is 16.5. The minimum Gasteiger partial charge on any atom is -0.248 e. The molecule has 48 heavy (non-hydrogen) atoms. The lowest BCUT2D eigenvalue weighted by Gasteiger charge is -2.19. The molecule has 0 bridgehead atoms. The molecule has 0 saturated carbocycles. The SMILES string of the molecule is c1ccc(-c2cc(-c3ccc(-c4c5ccccc5c(-c5cccc6ccccc56)c5ccccc45)cc3)cc(-c3ccccc3)n2)cc1. The van der Waals surface area contributed by atoms with Gasteiger partial charge in [0.1, 0.15) is 0 Å². The number of hydrogen-bond acceptors (Lipinski definition) is 1. The highest BCUT2D eigenvalue weighted by atomic mass is 14.7. The van der Waals surface area contributed by atoms with Crippen molar-refractivity contribution in [3.63, 3.8) is 0 Å². The van der Waals surface area contributed by atoms with E-state index in [1.54, 1.807) is 0 Å². The summed E-state index contributed by atoms with van der Waals surface area (Å²) in [5.74, 6) is 0. The Bertz CT molecular complexity index is 2460. The van der Waals surface area contributed by atoms with Gasteiger partial charge in [-0.25, -0.2) is 4.98 Å². The van der Waals surface area contributed by atoms with Gasteiger partial charge in [-0.15, -0.1) is 0 Å². The van der Waals surface area contributed by atoms with Crippen molar-refractivity contribution in [3.05, 3.63) is 188 Å². The zero-order valence-corrected chi connectivity index (χ0v) is 26.3. The smallest absolute Gasteiger partial charge is 0.0715 e. The fourth-order valence-electron chi connectivity index (χ4n) is 7.21. The van der Waals surface area contributed by atoms with Crippen molar-refractivity contribution in [2.24, 2.45) is 0 Å². The Hall–Kier alpha value is -6.31. The van der Waals surface area contributed by atoms with Gasteiger partial charge in [-0.05, 0) is 77.8 Å². The Morgan fingerprint density at radius 3 is 1.27 bits per heavy atom. The Kier molecular flexibility index (Phi) is 6.87. The van der Waals surface area contributed by atoms with Gasteiger partial charge in [0.2, 0.25) is 0 Å². The van der Waals surface area contributed by atoms with E-state index in [-0.39, 0.29) is 0 Å². The maximum absolute atomic E-state index is 5.08. The molecule has 1 heteroatoms. The summed E-state index contributed by atoms with van der Waals surface area (Å²) in [5, 5.41) is 7.57. The highest BCUT2D eigenvalue weighted by molar-refractivity contribution is 6.23. The van der Waals surface area contributed by atoms with Crippen molar-refractivity contribution in [2.75, 3.05) is 0 Å². The number of aromatic nitrogens is 1. The van der Waals surface area contributed by atoms with Crippen LogP contribution in [0, 0.1) is 0 Å². The summed E-state index contributed by atoms with van der Waals surface area (Å²) in [5.41, 5.74) is 11.5. The molecule has 0 amide bonds. The van der Waals surface area contributed by atoms with Gasteiger partial charge in [0.15, 0.2) is 0 Å². The predicted octanol–water partition coefficient (Wildman–Crippen LogP) is 12.9. The van der Waals surface area contributed by atoms with Gasteiger partial charge in [0.25, 0.3) is 0 Å². The molecule has 0 aliphatic rings. The molecule has 0 fully saturated rings. The second-order valence-corrected chi connectivity index (χ2v) is 12.3. The molecule has 0 spiro atoms. The van der Waals surface area contributed by atoms with Crippen LogP contribution in [0.15, 0.2) is 188 Å². The van der Waals surface area contributed by atoms with Crippen molar-refractivity contribution in [1.82, 2.24) is 4.98 Å². The van der Waals surface area contributed by atoms with Crippen molar-refractivity contribution >= 4 is 32.3 Å². The maximum atomic E-state index is 5.08. The van der Waals surface area contributed by atoms with Gasteiger partial charge in [-0.1, -0.05) is 176 Å². The van der Waals surface area contributed by atoms with E-state index in [2.05, 4.69) is 176 Å². The predicted molar refractivity (Wildman–Crippen MR) is 204 cm³/mol. The van der Waals surface area contributed by atoms with Crippen molar-refractivity contribution in [3.8, 4) is 55.9 Å². The minimum absolute atomic E-state index is 0.969. The topological polar surface area (TPSA) is 12.9 Å². The zero-order valence-electron chi connectivity index (χ0n) is 26.3. The third-order valence-electron chi connectivity index (χ3n) is 9.46. The van der Waals surface area contributed by atoms with E-state index in [1.807, 2.05) is 12.1 Å². The molecule has 1 aromatic heterocycles. The number of pyridine rings is 1. The second kappa shape index (κ2) is 11.8. The Morgan fingerprint density at radius 1 is 0.271 bits per heavy atom. The van der Waals surface area contributed by atoms with Crippen molar-refractivity contribution in [2.45, 2.75) is 0 Å². The zero-order chi connectivity index (χ0) is 31.9. The van der Waals surface area contributed by atoms with Crippen LogP contribution in [0.3, 0.4) is 0 Å². The molecular formula is C47H31N. The first kappa shape index (κ1) is 28.0. The molecule has 9 rings (SSSR count). The minimum atomic E-state index is 0.969. The van der Waals surface area contributed by atoms with E-state index in [4.69, 9.17) is 4.98 Å². The summed E-state index contributed by atoms with van der Waals surface area (Å²) in [6.07, 6.45) is 0. The highest BCUT2D eigenvalue weighted by Gasteiger charge is 2.18. The Morgan fingerprint density at radius 2 is 0.708 bits per heavy atom. The third-order valence-corrected chi connectivity index (χ3v) is 9.46. The van der Waals surface area contributed by atoms with Gasteiger partial charge in [0, 0.05) is 11.1 Å². The monoisotopic (exact) mass is 609 g/mol. The molecule has 9 aromatic rings. The molecule has 0 unspecified atom stereocenters. The van der Waals surface area contributed by atoms with Crippen LogP contribution < -0.4 is 0 Å². The van der Waals surface area contributed by atoms with Crippen LogP contribution in [0.5, 0.6) is 0 Å². The van der Waals surface area contributed by atoms with Crippen LogP contribution in [-0.4, -0.2) is 4.98 Å². The van der Waals surface area contributed by atoms with E-state index in [9.17, 15) is 0 Å². The van der Waals surface area contributed by atoms with E-state index in [0.29, 0.717) is 0 Å². The molecule has 0 aliphatic heterocycles. The van der Waals surface area contributed by atoms with Crippen LogP contribution in [0.1, 0.15) is 0 Å². The lowest BCUT2D eigenvalue weighted by Crippen LogP contribution is -1.92. The number of nitrogens with zero attached hydrogens (tertiary/aromatic N) is 1. The van der Waals surface area contributed by atoms with E-state index >= 15 is 0 Å². The standard InChI is InChI=1S/C47H31N/c1-3-15-34(16-4-1)44-30-37(31-45(48-44)35-17-5-2-6-18-35)32-26-28-36(29-27-32)46-40-21-9-11-23-42(40)47(43-24-12-10-22-41(43)46)39-25-13-19-33-14-7-8-20-38(33)39/h1-31H. The van der Waals surface area contributed by atoms with Gasteiger partial charge in [0.05, 0.1) is 11.4 Å². The normalized spacial score (nSPS) is 11.3. The summed E-state index contributed by atoms with van der Waals surface area (Å²) in [4.78, 5) is 5.08. The lowest BCUT2D eigenvalue weighted by molar-refractivity contribution is 1.32. The molecule has 1 heterocycles. The van der Waals surface area contributed by atoms with Gasteiger partial charge >= 0.3 is 0 Å². The van der Waals surface area contributed by atoms with Crippen LogP contribution in [0.4, 0.5) is 0 Å². The largest absolute Gasteiger partial charge is 0.248 e. The maximum Gasteiger partial charge on any atom is 0.0715 e. The third kappa shape index (κ3) is 4.85. The van der Waals surface area contributed by atoms with E-state index in [1.165, 1.54) is 54.6 Å². The summed E-state index contributed by atoms with van der Waals surface area (Å²) < 4.78 is 0. The van der Waals surface area contributed by atoms with E-state index in [0.717, 1.165) is 33.6 Å². The molecule has 0 N–H and O–H groups in total. The highest BCUT2D eigenvalue weighted by Crippen LogP contribution is 2.45. The van der Waals surface area contributed by atoms with E-state index < -0.39 is 0 Å². The summed E-state index contributed by atoms with van der Waals surface area (Å²) in [7, 11) is 0. The molecule has 1 nitrogen and oxygen atoms in total. The van der Waals surface area contributed by atoms with Gasteiger partial charge < -0.3 is 0 Å². The fraction of sp³-hybridized carbons (Fsp3) is 0. The molecule has 224 valence electrons. The summed E-state index contributed by atoms with van der Waals surface area (Å²) >= 11 is 0. The average Bonchev–Trinajstić information content (AvgIpc) is 3.17. The van der Waals surface area contributed by atoms with Crippen LogP contribution in [-0.2, 0) is 0 Å². The number of fused-ring (bicyclic) bond motifs is 3. The number of rotatable bonds is 5. The fourth-order valence-corrected chi connectivity index (χ4v) is 7.21. The first-order chi connectivity index (χ1) is 23.8. The van der Waals surface area contributed by atoms with Crippen molar-refractivity contribution in [1.29, 1.82) is 0 Å². The first-order valence-corrected chi connectivity index (χ1v) is 16.5. The average molecular weight is 610 g/mol. The van der Waals surface area contributed by atoms with Crippen molar-refractivity contribution < 1.29 is 0 Å². The summed E-state index contributed by atoms with van der Waals surface area (Å²) in [6.45, 7) is 0. The number of benzene rings is 8. The molecular weight excluding hydrogens is 579 g/mol. The quantitative estimate of drug-likeness (QED) is 0.177.